The Kier molecular flexibility index (Phi) is 2.20. The van der Waals surface area contributed by atoms with Gasteiger partial charge in [-0.25, -0.2) is 4.98 Å². The lowest BCUT2D eigenvalue weighted by Crippen LogP contribution is -1.96. The van der Waals surface area contributed by atoms with Crippen LogP contribution in [0.15, 0.2) is 4.47 Å². The zero-order valence-electron chi connectivity index (χ0n) is 7.71. The number of aromatic hydroxyl groups is 1. The molecule has 0 saturated heterocycles. The second-order valence-corrected chi connectivity index (χ2v) is 4.31. The lowest BCUT2D eigenvalue weighted by molar-refractivity contribution is 0.448. The maximum atomic E-state index is 9.52. The van der Waals surface area contributed by atoms with Crippen LogP contribution in [0.1, 0.15) is 35.6 Å². The van der Waals surface area contributed by atoms with Crippen molar-refractivity contribution < 1.29 is 5.11 Å². The van der Waals surface area contributed by atoms with Crippen molar-refractivity contribution in [3.63, 3.8) is 0 Å². The molecule has 1 saturated carbocycles. The first-order chi connectivity index (χ1) is 6.65. The molecule has 0 atom stereocenters. The van der Waals surface area contributed by atoms with E-state index >= 15 is 0 Å². The van der Waals surface area contributed by atoms with Gasteiger partial charge in [0.05, 0.1) is 5.69 Å². The molecule has 72 valence electrons. The summed E-state index contributed by atoms with van der Waals surface area (Å²) in [5, 5.41) is 18.3. The average Bonchev–Trinajstić information content (AvgIpc) is 2.95. The molecule has 1 aliphatic rings. The first kappa shape index (κ1) is 9.47. The van der Waals surface area contributed by atoms with E-state index in [1.807, 2.05) is 13.0 Å². The fourth-order valence-electron chi connectivity index (χ4n) is 1.45. The minimum atomic E-state index is -0.143. The van der Waals surface area contributed by atoms with Gasteiger partial charge in [-0.1, -0.05) is 0 Å². The van der Waals surface area contributed by atoms with Crippen LogP contribution in [-0.4, -0.2) is 10.1 Å². The molecule has 4 heteroatoms. The third-order valence-electron chi connectivity index (χ3n) is 2.45. The summed E-state index contributed by atoms with van der Waals surface area (Å²) in [4.78, 5) is 4.05. The summed E-state index contributed by atoms with van der Waals surface area (Å²) in [5.74, 6) is 0.316. The van der Waals surface area contributed by atoms with E-state index in [9.17, 15) is 5.11 Å². The maximum absolute atomic E-state index is 9.52. The lowest BCUT2D eigenvalue weighted by atomic mass is 10.1. The van der Waals surface area contributed by atoms with Gasteiger partial charge in [0.2, 0.25) is 5.88 Å². The van der Waals surface area contributed by atoms with Gasteiger partial charge in [-0.2, -0.15) is 5.26 Å². The molecule has 1 heterocycles. The summed E-state index contributed by atoms with van der Waals surface area (Å²) in [6.07, 6.45) is 2.24. The third kappa shape index (κ3) is 1.38. The summed E-state index contributed by atoms with van der Waals surface area (Å²) >= 11 is 3.42. The number of rotatable bonds is 1. The van der Waals surface area contributed by atoms with E-state index in [1.54, 1.807) is 0 Å². The zero-order chi connectivity index (χ0) is 10.3. The molecule has 1 aromatic rings. The Balaban J connectivity index is 2.62. The normalized spacial score (nSPS) is 15.2. The molecule has 0 amide bonds. The molecule has 0 unspecified atom stereocenters. The quantitative estimate of drug-likeness (QED) is 0.836. The van der Waals surface area contributed by atoms with Crippen LogP contribution in [0.2, 0.25) is 0 Å². The van der Waals surface area contributed by atoms with Crippen molar-refractivity contribution in [2.24, 2.45) is 0 Å². The highest BCUT2D eigenvalue weighted by Gasteiger charge is 2.29. The zero-order valence-corrected chi connectivity index (χ0v) is 9.30. The van der Waals surface area contributed by atoms with Crippen LogP contribution in [0.5, 0.6) is 5.88 Å². The molecule has 1 aromatic heterocycles. The molecule has 2 rings (SSSR count). The third-order valence-corrected chi connectivity index (χ3v) is 3.46. The smallest absolute Gasteiger partial charge is 0.229 e. The molecule has 0 bridgehead atoms. The van der Waals surface area contributed by atoms with Crippen molar-refractivity contribution in [1.82, 2.24) is 4.98 Å². The van der Waals surface area contributed by atoms with Crippen molar-refractivity contribution in [1.29, 1.82) is 5.26 Å². The van der Waals surface area contributed by atoms with Gasteiger partial charge in [0.1, 0.15) is 11.6 Å². The van der Waals surface area contributed by atoms with Crippen LogP contribution in [0.25, 0.3) is 0 Å². The van der Waals surface area contributed by atoms with E-state index in [4.69, 9.17) is 5.26 Å². The summed E-state index contributed by atoms with van der Waals surface area (Å²) in [7, 11) is 0. The molecular formula is C10H9BrN2O. The van der Waals surface area contributed by atoms with Crippen LogP contribution in [0.3, 0.4) is 0 Å². The van der Waals surface area contributed by atoms with Gasteiger partial charge in [-0.3, -0.25) is 0 Å². The lowest BCUT2D eigenvalue weighted by Gasteiger charge is -2.07. The Morgan fingerprint density at radius 1 is 1.57 bits per heavy atom. The predicted molar refractivity (Wildman–Crippen MR) is 55.0 cm³/mol. The highest BCUT2D eigenvalue weighted by atomic mass is 79.9. The molecule has 0 radical (unpaired) electrons. The number of nitriles is 1. The Morgan fingerprint density at radius 3 is 2.71 bits per heavy atom. The van der Waals surface area contributed by atoms with Crippen molar-refractivity contribution in [2.45, 2.75) is 25.7 Å². The van der Waals surface area contributed by atoms with Gasteiger partial charge in [-0.05, 0) is 41.3 Å². The van der Waals surface area contributed by atoms with Crippen LogP contribution in [0.4, 0.5) is 0 Å². The van der Waals surface area contributed by atoms with E-state index in [1.165, 1.54) is 0 Å². The van der Waals surface area contributed by atoms with E-state index in [0.29, 0.717) is 5.92 Å². The number of aromatic nitrogens is 1. The summed E-state index contributed by atoms with van der Waals surface area (Å²) in [6, 6.07) is 1.95. The highest BCUT2D eigenvalue weighted by Crippen LogP contribution is 2.44. The maximum Gasteiger partial charge on any atom is 0.229 e. The van der Waals surface area contributed by atoms with Crippen molar-refractivity contribution in [3.05, 3.63) is 21.3 Å². The Morgan fingerprint density at radius 2 is 2.21 bits per heavy atom. The summed E-state index contributed by atoms with van der Waals surface area (Å²) in [5.41, 5.74) is 1.93. The van der Waals surface area contributed by atoms with E-state index in [-0.39, 0.29) is 11.4 Å². The predicted octanol–water partition coefficient (Wildman–Crippen LogP) is 2.61. The fourth-order valence-corrected chi connectivity index (χ4v) is 2.06. The molecular weight excluding hydrogens is 244 g/mol. The van der Waals surface area contributed by atoms with Gasteiger partial charge in [0, 0.05) is 10.4 Å². The molecule has 3 nitrogen and oxygen atoms in total. The van der Waals surface area contributed by atoms with Gasteiger partial charge in [0.25, 0.3) is 0 Å². The Hall–Kier alpha value is -1.08. The number of pyridine rings is 1. The second-order valence-electron chi connectivity index (χ2n) is 3.52. The monoisotopic (exact) mass is 252 g/mol. The summed E-state index contributed by atoms with van der Waals surface area (Å²) < 4.78 is 0.870. The van der Waals surface area contributed by atoms with E-state index in [0.717, 1.165) is 28.6 Å². The Labute approximate surface area is 90.5 Å². The molecule has 0 aliphatic heterocycles. The second kappa shape index (κ2) is 3.25. The van der Waals surface area contributed by atoms with Gasteiger partial charge < -0.3 is 5.11 Å². The fraction of sp³-hybridized carbons (Fsp3) is 0.400. The Bertz CT molecular complexity index is 433. The number of halogens is 1. The minimum absolute atomic E-state index is 0.143. The van der Waals surface area contributed by atoms with E-state index in [2.05, 4.69) is 20.9 Å². The van der Waals surface area contributed by atoms with Gasteiger partial charge in [-0.15, -0.1) is 0 Å². The largest absolute Gasteiger partial charge is 0.492 e. The van der Waals surface area contributed by atoms with Crippen LogP contribution in [0, 0.1) is 18.3 Å². The first-order valence-corrected chi connectivity index (χ1v) is 5.23. The first-order valence-electron chi connectivity index (χ1n) is 4.44. The standard InChI is InChI=1S/C10H9BrN2O/c1-5-7(4-12)10(14)13-9(8(5)11)6-2-3-6/h6H,2-3H2,1H3,(H,13,14). The molecule has 1 N–H and O–H groups in total. The highest BCUT2D eigenvalue weighted by molar-refractivity contribution is 9.10. The molecule has 1 aliphatic carbocycles. The van der Waals surface area contributed by atoms with Crippen molar-refractivity contribution in [3.8, 4) is 11.9 Å². The number of nitrogens with zero attached hydrogens (tertiary/aromatic N) is 2. The van der Waals surface area contributed by atoms with Crippen molar-refractivity contribution >= 4 is 15.9 Å². The molecule has 1 fully saturated rings. The van der Waals surface area contributed by atoms with Gasteiger partial charge >= 0.3 is 0 Å². The summed E-state index contributed by atoms with van der Waals surface area (Å²) in [6.45, 7) is 1.82. The van der Waals surface area contributed by atoms with Gasteiger partial charge in [0.15, 0.2) is 0 Å². The van der Waals surface area contributed by atoms with Crippen LogP contribution >= 0.6 is 15.9 Å². The average molecular weight is 253 g/mol. The van der Waals surface area contributed by atoms with Crippen molar-refractivity contribution in [2.75, 3.05) is 0 Å². The van der Waals surface area contributed by atoms with Crippen LogP contribution < -0.4 is 0 Å². The van der Waals surface area contributed by atoms with Crippen LogP contribution in [-0.2, 0) is 0 Å². The number of hydrogen-bond acceptors (Lipinski definition) is 3. The molecule has 0 spiro atoms. The molecule has 0 aromatic carbocycles. The molecule has 14 heavy (non-hydrogen) atoms. The number of hydrogen-bond donors (Lipinski definition) is 1. The van der Waals surface area contributed by atoms with E-state index < -0.39 is 0 Å². The SMILES string of the molecule is Cc1c(Br)c(C2CC2)nc(O)c1C#N. The minimum Gasteiger partial charge on any atom is -0.492 e. The topological polar surface area (TPSA) is 56.9 Å².